The number of rotatable bonds is 3. The van der Waals surface area contributed by atoms with E-state index in [4.69, 9.17) is 4.74 Å². The third-order valence-corrected chi connectivity index (χ3v) is 2.30. The fraction of sp³-hybridized carbons (Fsp3) is 0.889. The van der Waals surface area contributed by atoms with Crippen molar-refractivity contribution in [3.63, 3.8) is 0 Å². The second-order valence-electron chi connectivity index (χ2n) is 3.50. The number of amides is 1. The molecule has 0 spiro atoms. The molecule has 0 saturated carbocycles. The van der Waals surface area contributed by atoms with Gasteiger partial charge in [-0.3, -0.25) is 10.2 Å². The molecule has 0 radical (unpaired) electrons. The van der Waals surface area contributed by atoms with Gasteiger partial charge in [0.2, 0.25) is 0 Å². The Balaban J connectivity index is 2.31. The number of carbonyl (C=O) groups excluding carboxylic acids is 1. The van der Waals surface area contributed by atoms with Crippen LogP contribution in [0.2, 0.25) is 0 Å². The molecule has 4 heteroatoms. The van der Waals surface area contributed by atoms with Gasteiger partial charge in [-0.2, -0.15) is 0 Å². The van der Waals surface area contributed by atoms with Gasteiger partial charge in [-0.05, 0) is 19.8 Å². The maximum Gasteiger partial charge on any atom is 0.263 e. The summed E-state index contributed by atoms with van der Waals surface area (Å²) >= 11 is 0. The lowest BCUT2D eigenvalue weighted by Gasteiger charge is -2.18. The highest BCUT2D eigenvalue weighted by Crippen LogP contribution is 2.18. The van der Waals surface area contributed by atoms with E-state index in [1.54, 1.807) is 5.01 Å². The van der Waals surface area contributed by atoms with Crippen molar-refractivity contribution in [3.8, 4) is 0 Å². The monoisotopic (exact) mass is 186 g/mol. The van der Waals surface area contributed by atoms with Crippen LogP contribution in [0.3, 0.4) is 0 Å². The Bertz CT molecular complexity index is 184. The smallest absolute Gasteiger partial charge is 0.263 e. The lowest BCUT2D eigenvalue weighted by molar-refractivity contribution is -0.136. The van der Waals surface area contributed by atoms with Gasteiger partial charge in [-0.25, -0.2) is 5.01 Å². The summed E-state index contributed by atoms with van der Waals surface area (Å²) in [6, 6.07) is 0. The molecule has 4 nitrogen and oxygen atoms in total. The normalized spacial score (nSPS) is 28.0. The molecule has 1 fully saturated rings. The summed E-state index contributed by atoms with van der Waals surface area (Å²) < 4.78 is 5.43. The summed E-state index contributed by atoms with van der Waals surface area (Å²) in [4.78, 5) is 11.5. The van der Waals surface area contributed by atoms with Crippen LogP contribution in [0, 0.1) is 0 Å². The van der Waals surface area contributed by atoms with E-state index in [0.29, 0.717) is 0 Å². The zero-order valence-electron chi connectivity index (χ0n) is 8.54. The van der Waals surface area contributed by atoms with Crippen molar-refractivity contribution in [2.75, 3.05) is 13.6 Å². The van der Waals surface area contributed by atoms with Crippen LogP contribution in [-0.2, 0) is 9.53 Å². The summed E-state index contributed by atoms with van der Waals surface area (Å²) in [5, 5.41) is 1.76. The first-order chi connectivity index (χ1) is 6.13. The van der Waals surface area contributed by atoms with Gasteiger partial charge >= 0.3 is 0 Å². The van der Waals surface area contributed by atoms with Crippen molar-refractivity contribution in [2.24, 2.45) is 0 Å². The summed E-state index contributed by atoms with van der Waals surface area (Å²) in [6.07, 6.45) is 1.80. The quantitative estimate of drug-likeness (QED) is 0.654. The average molecular weight is 186 g/mol. The highest BCUT2D eigenvalue weighted by atomic mass is 16.5. The number of hydrogen-bond acceptors (Lipinski definition) is 3. The molecule has 0 aromatic carbocycles. The van der Waals surface area contributed by atoms with Crippen LogP contribution in [0.5, 0.6) is 0 Å². The van der Waals surface area contributed by atoms with Crippen molar-refractivity contribution in [2.45, 2.75) is 38.9 Å². The highest BCUT2D eigenvalue weighted by Gasteiger charge is 2.28. The van der Waals surface area contributed by atoms with E-state index in [-0.39, 0.29) is 18.1 Å². The number of hydrazine groups is 1. The van der Waals surface area contributed by atoms with E-state index >= 15 is 0 Å². The fourth-order valence-electron chi connectivity index (χ4n) is 1.33. The summed E-state index contributed by atoms with van der Waals surface area (Å²) in [5.41, 5.74) is 2.76. The van der Waals surface area contributed by atoms with E-state index < -0.39 is 0 Å². The van der Waals surface area contributed by atoms with Gasteiger partial charge in [-0.15, -0.1) is 0 Å². The first-order valence-corrected chi connectivity index (χ1v) is 4.80. The molecular weight excluding hydrogens is 168 g/mol. The van der Waals surface area contributed by atoms with E-state index in [0.717, 1.165) is 19.4 Å². The van der Waals surface area contributed by atoms with E-state index in [1.807, 2.05) is 20.9 Å². The van der Waals surface area contributed by atoms with Gasteiger partial charge < -0.3 is 4.74 Å². The van der Waals surface area contributed by atoms with Crippen molar-refractivity contribution in [1.29, 1.82) is 0 Å². The molecule has 0 aromatic heterocycles. The van der Waals surface area contributed by atoms with Gasteiger partial charge in [0, 0.05) is 13.6 Å². The van der Waals surface area contributed by atoms with Gasteiger partial charge in [0.25, 0.3) is 5.91 Å². The number of nitrogens with zero attached hydrogens (tertiary/aromatic N) is 1. The molecule has 76 valence electrons. The minimum atomic E-state index is -0.246. The number of ether oxygens (including phenoxy) is 1. The lowest BCUT2D eigenvalue weighted by Crippen LogP contribution is -2.44. The number of hydrogen-bond donors (Lipinski definition) is 1. The lowest BCUT2D eigenvalue weighted by atomic mass is 10.2. The number of carbonyl (C=O) groups is 1. The topological polar surface area (TPSA) is 41.6 Å². The fourth-order valence-corrected chi connectivity index (χ4v) is 1.33. The minimum Gasteiger partial charge on any atom is -0.365 e. The molecule has 1 rings (SSSR count). The molecular formula is C9H18N2O2. The Hall–Kier alpha value is -0.610. The molecule has 1 saturated heterocycles. The molecule has 13 heavy (non-hydrogen) atoms. The Kier molecular flexibility index (Phi) is 3.69. The van der Waals surface area contributed by atoms with Crippen molar-refractivity contribution in [3.05, 3.63) is 0 Å². The van der Waals surface area contributed by atoms with Crippen LogP contribution in [-0.4, -0.2) is 36.7 Å². The van der Waals surface area contributed by atoms with E-state index in [2.05, 4.69) is 5.43 Å². The number of nitrogens with one attached hydrogen (secondary N) is 1. The third-order valence-electron chi connectivity index (χ3n) is 2.30. The molecule has 1 N–H and O–H groups in total. The molecule has 1 aliphatic rings. The Morgan fingerprint density at radius 1 is 1.62 bits per heavy atom. The van der Waals surface area contributed by atoms with Crippen LogP contribution < -0.4 is 5.43 Å². The summed E-state index contributed by atoms with van der Waals surface area (Å²) in [5.74, 6) is -0.0197. The second-order valence-corrected chi connectivity index (χ2v) is 3.50. The average Bonchev–Trinajstić information content (AvgIpc) is 2.51. The predicted octanol–water partition coefficient (Wildman–Crippen LogP) is 0.537. The molecule has 1 heterocycles. The van der Waals surface area contributed by atoms with Crippen LogP contribution in [0.4, 0.5) is 0 Å². The van der Waals surface area contributed by atoms with Crippen LogP contribution in [0.1, 0.15) is 26.7 Å². The minimum absolute atomic E-state index is 0.0197. The molecule has 1 aliphatic heterocycles. The van der Waals surface area contributed by atoms with Crippen molar-refractivity contribution < 1.29 is 9.53 Å². The maximum absolute atomic E-state index is 11.5. The Morgan fingerprint density at radius 3 is 2.77 bits per heavy atom. The summed E-state index contributed by atoms with van der Waals surface area (Å²) in [7, 11) is 1.84. The standard InChI is InChI=1S/C9H18N2O2/c1-4-11(3)10-9(12)8-6-5-7(2)13-8/h7-8H,4-6H2,1-3H3,(H,10,12). The van der Waals surface area contributed by atoms with Crippen LogP contribution in [0.25, 0.3) is 0 Å². The second kappa shape index (κ2) is 4.58. The molecule has 1 amide bonds. The molecule has 2 atom stereocenters. The first kappa shape index (κ1) is 10.5. The SMILES string of the molecule is CCN(C)NC(=O)C1CCC(C)O1. The Morgan fingerprint density at radius 2 is 2.31 bits per heavy atom. The molecule has 0 bridgehead atoms. The zero-order valence-corrected chi connectivity index (χ0v) is 8.54. The molecule has 2 unspecified atom stereocenters. The third kappa shape index (κ3) is 2.97. The highest BCUT2D eigenvalue weighted by molar-refractivity contribution is 5.80. The van der Waals surface area contributed by atoms with Gasteiger partial charge in [-0.1, -0.05) is 6.92 Å². The molecule has 0 aromatic rings. The van der Waals surface area contributed by atoms with E-state index in [9.17, 15) is 4.79 Å². The van der Waals surface area contributed by atoms with Crippen molar-refractivity contribution in [1.82, 2.24) is 10.4 Å². The largest absolute Gasteiger partial charge is 0.365 e. The zero-order chi connectivity index (χ0) is 9.84. The molecule has 0 aliphatic carbocycles. The van der Waals surface area contributed by atoms with Crippen molar-refractivity contribution >= 4 is 5.91 Å². The van der Waals surface area contributed by atoms with E-state index in [1.165, 1.54) is 0 Å². The predicted molar refractivity (Wildman–Crippen MR) is 50.0 cm³/mol. The first-order valence-electron chi connectivity index (χ1n) is 4.80. The summed E-state index contributed by atoms with van der Waals surface area (Å²) in [6.45, 7) is 4.78. The maximum atomic E-state index is 11.5. The van der Waals surface area contributed by atoms with Gasteiger partial charge in [0.05, 0.1) is 6.10 Å². The van der Waals surface area contributed by atoms with Gasteiger partial charge in [0.15, 0.2) is 0 Å². The Labute approximate surface area is 79.2 Å². The van der Waals surface area contributed by atoms with Crippen LogP contribution in [0.15, 0.2) is 0 Å². The van der Waals surface area contributed by atoms with Gasteiger partial charge in [0.1, 0.15) is 6.10 Å². The van der Waals surface area contributed by atoms with Crippen LogP contribution >= 0.6 is 0 Å².